The van der Waals surface area contributed by atoms with Gasteiger partial charge in [0, 0.05) is 12.6 Å². The Hall–Kier alpha value is -3.42. The summed E-state index contributed by atoms with van der Waals surface area (Å²) in [7, 11) is -4.38. The average Bonchev–Trinajstić information content (AvgIpc) is 3.13. The van der Waals surface area contributed by atoms with E-state index in [0.717, 1.165) is 10.5 Å². The van der Waals surface area contributed by atoms with E-state index in [-0.39, 0.29) is 46.5 Å². The number of alkyl halides is 2. The highest BCUT2D eigenvalue weighted by Crippen LogP contribution is 2.39. The van der Waals surface area contributed by atoms with Crippen molar-refractivity contribution in [3.8, 4) is 5.75 Å². The minimum absolute atomic E-state index is 0.00792. The number of fused-ring (bicyclic) bond motifs is 1. The van der Waals surface area contributed by atoms with E-state index in [2.05, 4.69) is 15.7 Å². The maximum absolute atomic E-state index is 13.6. The fourth-order valence-electron chi connectivity index (χ4n) is 3.34. The number of anilines is 2. The van der Waals surface area contributed by atoms with Crippen LogP contribution in [0.5, 0.6) is 5.75 Å². The molecule has 0 radical (unpaired) electrons. The van der Waals surface area contributed by atoms with Gasteiger partial charge in [0.25, 0.3) is 10.0 Å². The van der Waals surface area contributed by atoms with Crippen molar-refractivity contribution in [1.82, 2.24) is 15.1 Å². The van der Waals surface area contributed by atoms with Gasteiger partial charge < -0.3 is 14.8 Å². The standard InChI is InChI=1S/C21H27F2N5O6S/c1-12-18(11-27(26-12)19(22)23)35(31,32)28-10-15(9-24-13(2)29)33-17-7-6-14(8-16(17)28)25-20(30)34-21(3,4)5/h6-8,11,15,19H,9-10H2,1-5H3,(H,24,29)(H,25,30). The summed E-state index contributed by atoms with van der Waals surface area (Å²) in [4.78, 5) is 23.1. The Morgan fingerprint density at radius 3 is 2.57 bits per heavy atom. The number of amides is 2. The molecule has 11 nitrogen and oxygen atoms in total. The number of rotatable bonds is 6. The Morgan fingerprint density at radius 1 is 1.31 bits per heavy atom. The number of carbonyl (C=O) groups is 2. The van der Waals surface area contributed by atoms with Gasteiger partial charge in [0.05, 0.1) is 30.7 Å². The van der Waals surface area contributed by atoms with Gasteiger partial charge in [-0.25, -0.2) is 17.9 Å². The number of carbonyl (C=O) groups excluding carboxylic acids is 2. The van der Waals surface area contributed by atoms with Crippen molar-refractivity contribution in [1.29, 1.82) is 0 Å². The zero-order chi connectivity index (χ0) is 26.1. The molecule has 0 fully saturated rings. The zero-order valence-electron chi connectivity index (χ0n) is 19.8. The van der Waals surface area contributed by atoms with Gasteiger partial charge in [0.15, 0.2) is 0 Å². The first-order valence-corrected chi connectivity index (χ1v) is 12.0. The van der Waals surface area contributed by atoms with Crippen LogP contribution in [0.1, 0.15) is 39.9 Å². The van der Waals surface area contributed by atoms with E-state index in [9.17, 15) is 26.8 Å². The van der Waals surface area contributed by atoms with E-state index in [1.54, 1.807) is 20.8 Å². The van der Waals surface area contributed by atoms with Crippen molar-refractivity contribution in [3.05, 3.63) is 30.1 Å². The van der Waals surface area contributed by atoms with Gasteiger partial charge >= 0.3 is 12.6 Å². The molecule has 0 aliphatic carbocycles. The maximum Gasteiger partial charge on any atom is 0.412 e. The van der Waals surface area contributed by atoms with Crippen LogP contribution in [0, 0.1) is 6.92 Å². The van der Waals surface area contributed by atoms with E-state index < -0.39 is 39.3 Å². The van der Waals surface area contributed by atoms with E-state index in [0.29, 0.717) is 0 Å². The topological polar surface area (TPSA) is 132 Å². The second-order valence-corrected chi connectivity index (χ2v) is 10.7. The number of aromatic nitrogens is 2. The maximum atomic E-state index is 13.6. The molecule has 0 bridgehead atoms. The molecule has 0 saturated heterocycles. The fraction of sp³-hybridized carbons (Fsp3) is 0.476. The molecule has 3 rings (SSSR count). The number of halogens is 2. The van der Waals surface area contributed by atoms with Crippen LogP contribution >= 0.6 is 0 Å². The van der Waals surface area contributed by atoms with Crippen molar-refractivity contribution in [2.45, 2.75) is 57.8 Å². The largest absolute Gasteiger partial charge is 0.484 e. The van der Waals surface area contributed by atoms with Gasteiger partial charge in [-0.3, -0.25) is 14.4 Å². The Morgan fingerprint density at radius 2 is 2.00 bits per heavy atom. The molecule has 14 heteroatoms. The number of benzene rings is 1. The molecule has 1 aromatic carbocycles. The lowest BCUT2D eigenvalue weighted by Crippen LogP contribution is -2.48. The Labute approximate surface area is 201 Å². The van der Waals surface area contributed by atoms with E-state index in [1.165, 1.54) is 32.0 Å². The number of nitrogens with zero attached hydrogens (tertiary/aromatic N) is 3. The first-order valence-electron chi connectivity index (χ1n) is 10.6. The van der Waals surface area contributed by atoms with Gasteiger partial charge in [-0.2, -0.15) is 13.9 Å². The Kier molecular flexibility index (Phi) is 7.24. The van der Waals surface area contributed by atoms with Crippen molar-refractivity contribution in [2.24, 2.45) is 0 Å². The smallest absolute Gasteiger partial charge is 0.412 e. The molecule has 192 valence electrons. The lowest BCUT2D eigenvalue weighted by atomic mass is 10.2. The minimum Gasteiger partial charge on any atom is -0.484 e. The number of ether oxygens (including phenoxy) is 2. The summed E-state index contributed by atoms with van der Waals surface area (Å²) in [5, 5.41) is 8.70. The molecule has 2 N–H and O–H groups in total. The highest BCUT2D eigenvalue weighted by Gasteiger charge is 2.37. The Balaban J connectivity index is 2.02. The van der Waals surface area contributed by atoms with Crippen LogP contribution < -0.4 is 19.7 Å². The molecule has 2 amide bonds. The van der Waals surface area contributed by atoms with E-state index in [4.69, 9.17) is 9.47 Å². The van der Waals surface area contributed by atoms with Crippen molar-refractivity contribution in [3.63, 3.8) is 0 Å². The first-order chi connectivity index (χ1) is 16.2. The predicted octanol–water partition coefficient (Wildman–Crippen LogP) is 3.03. The van der Waals surface area contributed by atoms with E-state index in [1.807, 2.05) is 0 Å². The lowest BCUT2D eigenvalue weighted by molar-refractivity contribution is -0.119. The molecule has 1 atom stereocenters. The van der Waals surface area contributed by atoms with Crippen LogP contribution in [-0.2, 0) is 19.6 Å². The number of hydrogen-bond acceptors (Lipinski definition) is 7. The molecule has 0 saturated carbocycles. The van der Waals surface area contributed by atoms with Crippen LogP contribution in [0.2, 0.25) is 0 Å². The molecular formula is C21H27F2N5O6S. The third-order valence-corrected chi connectivity index (χ3v) is 6.64. The second kappa shape index (κ2) is 9.68. The molecule has 1 aliphatic rings. The summed E-state index contributed by atoms with van der Waals surface area (Å²) in [6.45, 7) is 4.45. The Bertz CT molecular complexity index is 1230. The molecule has 1 aromatic heterocycles. The predicted molar refractivity (Wildman–Crippen MR) is 122 cm³/mol. The lowest BCUT2D eigenvalue weighted by Gasteiger charge is -2.35. The first kappa shape index (κ1) is 26.2. The molecule has 35 heavy (non-hydrogen) atoms. The number of sulfonamides is 1. The molecule has 2 heterocycles. The van der Waals surface area contributed by atoms with Crippen LogP contribution in [0.15, 0.2) is 29.3 Å². The SMILES string of the molecule is CC(=O)NCC1CN(S(=O)(=O)c2cn(C(F)F)nc2C)c2cc(NC(=O)OC(C)(C)C)ccc2O1. The summed E-state index contributed by atoms with van der Waals surface area (Å²) < 4.78 is 65.8. The quantitative estimate of drug-likeness (QED) is 0.604. The molecule has 1 aliphatic heterocycles. The highest BCUT2D eigenvalue weighted by atomic mass is 32.2. The third kappa shape index (κ3) is 6.18. The van der Waals surface area contributed by atoms with Gasteiger partial charge in [-0.05, 0) is 45.9 Å². The van der Waals surface area contributed by atoms with Gasteiger partial charge in [0.2, 0.25) is 5.91 Å². The fourth-order valence-corrected chi connectivity index (χ4v) is 5.00. The average molecular weight is 516 g/mol. The summed E-state index contributed by atoms with van der Waals surface area (Å²) in [5.74, 6) is -0.177. The van der Waals surface area contributed by atoms with Crippen molar-refractivity contribution in [2.75, 3.05) is 22.7 Å². The number of aryl methyl sites for hydroxylation is 1. The summed E-state index contributed by atoms with van der Waals surface area (Å²) in [6.07, 6.45) is -0.756. The van der Waals surface area contributed by atoms with Gasteiger partial charge in [-0.15, -0.1) is 0 Å². The minimum atomic E-state index is -4.38. The monoisotopic (exact) mass is 515 g/mol. The van der Waals surface area contributed by atoms with Crippen molar-refractivity contribution >= 4 is 33.4 Å². The second-order valence-electron chi connectivity index (χ2n) is 8.86. The van der Waals surface area contributed by atoms with E-state index >= 15 is 0 Å². The molecule has 1 unspecified atom stereocenters. The zero-order valence-corrected chi connectivity index (χ0v) is 20.7. The summed E-state index contributed by atoms with van der Waals surface area (Å²) in [6, 6.07) is 4.33. The van der Waals surface area contributed by atoms with Crippen LogP contribution in [0.25, 0.3) is 0 Å². The van der Waals surface area contributed by atoms with Crippen LogP contribution in [0.3, 0.4) is 0 Å². The highest BCUT2D eigenvalue weighted by molar-refractivity contribution is 7.92. The molecular weight excluding hydrogens is 488 g/mol. The van der Waals surface area contributed by atoms with Crippen LogP contribution in [-0.4, -0.2) is 55.0 Å². The summed E-state index contributed by atoms with van der Waals surface area (Å²) >= 11 is 0. The van der Waals surface area contributed by atoms with Gasteiger partial charge in [-0.1, -0.05) is 0 Å². The third-order valence-electron chi connectivity index (χ3n) is 4.75. The number of nitrogens with one attached hydrogen (secondary N) is 2. The molecule has 0 spiro atoms. The van der Waals surface area contributed by atoms with Crippen molar-refractivity contribution < 1.29 is 36.3 Å². The summed E-state index contributed by atoms with van der Waals surface area (Å²) in [5.41, 5.74) is -0.570. The number of hydrogen-bond donors (Lipinski definition) is 2. The van der Waals surface area contributed by atoms with Gasteiger partial charge in [0.1, 0.15) is 22.4 Å². The molecule has 2 aromatic rings. The van der Waals surface area contributed by atoms with Crippen LogP contribution in [0.4, 0.5) is 25.0 Å². The normalized spacial score (nSPS) is 15.9.